The van der Waals surface area contributed by atoms with Crippen LogP contribution in [0.25, 0.3) is 34.2 Å². The van der Waals surface area contributed by atoms with Crippen molar-refractivity contribution < 1.29 is 48.8 Å². The number of Topliss-reactive ketones (excluding diaryl/α,β-unsaturated/α-hetero) is 2. The largest absolute Gasteiger partial charge is 0.478 e. The van der Waals surface area contributed by atoms with Gasteiger partial charge < -0.3 is 21.9 Å². The predicted octanol–water partition coefficient (Wildman–Crippen LogP) is 15.4. The molecule has 0 saturated carbocycles. The number of aromatic nitrogens is 9. The van der Waals surface area contributed by atoms with Crippen molar-refractivity contribution in [2.45, 2.75) is 78.5 Å². The minimum atomic E-state index is -1.09. The van der Waals surface area contributed by atoms with Crippen molar-refractivity contribution in [3.8, 4) is 34.2 Å². The van der Waals surface area contributed by atoms with Crippen LogP contribution in [0.15, 0.2) is 204 Å². The van der Waals surface area contributed by atoms with E-state index >= 15 is 0 Å². The average Bonchev–Trinajstić information content (AvgIpc) is 1.70. The molecule has 32 nitrogen and oxygen atoms in total. The van der Waals surface area contributed by atoms with Gasteiger partial charge in [-0.3, -0.25) is 85.5 Å². The van der Waals surface area contributed by atoms with Crippen LogP contribution in [0.4, 0.5) is 39.8 Å². The second kappa shape index (κ2) is 44.4. The van der Waals surface area contributed by atoms with Gasteiger partial charge in [0.2, 0.25) is 21.0 Å². The molecule has 13 N–H and O–H groups in total. The maximum absolute atomic E-state index is 12.2. The Kier molecular flexibility index (Phi) is 34.8. The van der Waals surface area contributed by atoms with Crippen LogP contribution >= 0.6 is 47.3 Å². The first-order valence-corrected chi connectivity index (χ1v) is 36.8. The number of aromatic carboxylic acids is 1. The van der Waals surface area contributed by atoms with E-state index in [0.29, 0.717) is 62.4 Å². The van der Waals surface area contributed by atoms with Crippen LogP contribution in [0.3, 0.4) is 0 Å². The number of nitrogen functional groups attached to an aromatic ring is 3. The number of nitro benzene ring substituents is 4. The number of hydrogen-bond donors (Lipinski definition) is 10. The molecule has 0 aliphatic rings. The van der Waals surface area contributed by atoms with Gasteiger partial charge in [0.05, 0.1) is 36.8 Å². The number of anilines is 3. The summed E-state index contributed by atoms with van der Waals surface area (Å²) in [5.41, 5.74) is 29.5. The third-order valence-electron chi connectivity index (χ3n) is 15.1. The summed E-state index contributed by atoms with van der Waals surface area (Å²) in [6.07, 6.45) is 0.819. The number of nitrogens with two attached hydrogens (primary N) is 3. The number of hydrogen-bond acceptors (Lipinski definition) is 24. The fraction of sp³-hybridized carbons (Fsp3) is 0.167. The molecule has 2 amide bonds. The number of non-ortho nitro benzene ring substituents is 4. The number of benzene rings is 9. The van der Waals surface area contributed by atoms with E-state index in [4.69, 9.17) is 46.2 Å². The standard InChI is InChI=1S/C19H18N4O3S.C19H20N4OS.C10H12ClNO.C8H6N4O2S.C8H11N.C7H7N3O3.C7H5NO4/c1-12-7-13(2)9-14(8-12)10-17(24)11-27-19-20-18(21-22-19)15-3-5-16(6-4-15)23(25)26;1-12-7-13(2)9-14(8-12)10-17(24)11-25-19-21-18(22-23-19)15-3-5-16(20)6-4-15;1-7-3-8(2)5-9(4-7)12-10(13)6-11;13-12(14)6-3-1-5(2-4-6)7-9-8(15)11-10-7;1-6-3-7(2)5-8(9)4-6;8-9-7(11)5-1-3-6(4-2-5)10(12)13;9-7(10)5-1-3-6(4-2-5)8(11)12/h3-9H,10-11H2,1-2H3,(H,20,21,22);3-9H,10-11,20H2,1-2H3,(H,21,22,23);3-5H,6H2,1-2H3,(H,12,13);1-4H,(H2,9,10,11,15);3-5H,9H2,1-2H3;1-4H,8H2,(H,9,11);1-4H,(H,9,10). The summed E-state index contributed by atoms with van der Waals surface area (Å²) in [4.78, 5) is 109. The Hall–Kier alpha value is -13.5. The lowest BCUT2D eigenvalue weighted by atomic mass is 10.0. The number of halogens is 1. The number of rotatable bonds is 21. The van der Waals surface area contributed by atoms with E-state index in [2.05, 4.69) is 87.3 Å². The molecule has 0 aliphatic carbocycles. The predicted molar refractivity (Wildman–Crippen MR) is 442 cm³/mol. The van der Waals surface area contributed by atoms with Crippen LogP contribution in [-0.2, 0) is 27.2 Å². The number of H-pyrrole nitrogens is 4. The molecule has 0 aliphatic heterocycles. The third-order valence-corrected chi connectivity index (χ3v) is 17.3. The highest BCUT2D eigenvalue weighted by atomic mass is 35.5. The van der Waals surface area contributed by atoms with Crippen molar-refractivity contribution >= 4 is 117 Å². The van der Waals surface area contributed by atoms with E-state index in [1.54, 1.807) is 24.3 Å². The molecule has 9 aromatic carbocycles. The van der Waals surface area contributed by atoms with Gasteiger partial charge >= 0.3 is 5.97 Å². The zero-order valence-corrected chi connectivity index (χ0v) is 65.8. The molecule has 0 radical (unpaired) electrons. The topological polar surface area (TPSA) is 508 Å². The quantitative estimate of drug-likeness (QED) is 0.00467. The molecule has 114 heavy (non-hydrogen) atoms. The Morgan fingerprint density at radius 1 is 0.456 bits per heavy atom. The maximum Gasteiger partial charge on any atom is 0.335 e. The summed E-state index contributed by atoms with van der Waals surface area (Å²) in [5.74, 6) is 5.76. The summed E-state index contributed by atoms with van der Waals surface area (Å²) in [6.45, 7) is 16.2. The molecule has 3 aromatic heterocycles. The van der Waals surface area contributed by atoms with Gasteiger partial charge in [0, 0.05) is 101 Å². The second-order valence-electron chi connectivity index (χ2n) is 25.0. The minimum Gasteiger partial charge on any atom is -0.478 e. The number of alkyl halides is 1. The number of nitrogens with one attached hydrogen (secondary N) is 6. The van der Waals surface area contributed by atoms with Gasteiger partial charge in [0.15, 0.2) is 17.5 Å². The van der Waals surface area contributed by atoms with E-state index in [0.717, 1.165) is 68.0 Å². The number of hydrazine groups is 1. The smallest absolute Gasteiger partial charge is 0.335 e. The van der Waals surface area contributed by atoms with Gasteiger partial charge in [-0.1, -0.05) is 94.3 Å². The van der Waals surface area contributed by atoms with Gasteiger partial charge in [-0.05, 0) is 198 Å². The fourth-order valence-corrected chi connectivity index (χ4v) is 11.9. The number of thioether (sulfide) groups is 2. The van der Waals surface area contributed by atoms with Crippen molar-refractivity contribution in [1.82, 2.24) is 51.0 Å². The monoisotopic (exact) mass is 1620 g/mol. The first kappa shape index (κ1) is 89.4. The van der Waals surface area contributed by atoms with Crippen LogP contribution in [0.2, 0.25) is 0 Å². The molecule has 3 heterocycles. The summed E-state index contributed by atoms with van der Waals surface area (Å²) in [6, 6.07) is 53.6. The zero-order valence-electron chi connectivity index (χ0n) is 62.6. The molecule has 0 unspecified atom stereocenters. The van der Waals surface area contributed by atoms with Gasteiger partial charge in [-0.25, -0.2) is 20.6 Å². The number of aryl methyl sites for hydroxylation is 8. The van der Waals surface area contributed by atoms with Crippen LogP contribution < -0.4 is 28.1 Å². The Morgan fingerprint density at radius 2 is 0.789 bits per heavy atom. The van der Waals surface area contributed by atoms with Crippen LogP contribution in [-0.4, -0.2) is 117 Å². The maximum atomic E-state index is 12.2. The van der Waals surface area contributed by atoms with Gasteiger partial charge in [0.25, 0.3) is 28.7 Å². The van der Waals surface area contributed by atoms with Crippen molar-refractivity contribution in [3.63, 3.8) is 0 Å². The van der Waals surface area contributed by atoms with Gasteiger partial charge in [0.1, 0.15) is 17.4 Å². The lowest BCUT2D eigenvalue weighted by molar-refractivity contribution is -0.385. The molecule has 590 valence electrons. The molecular weight excluding hydrogens is 1540 g/mol. The average molecular weight is 1620 g/mol. The van der Waals surface area contributed by atoms with Gasteiger partial charge in [-0.15, -0.1) is 21.8 Å². The molecule has 0 atom stereocenters. The van der Waals surface area contributed by atoms with Crippen molar-refractivity contribution in [2.75, 3.05) is 34.2 Å². The Morgan fingerprint density at radius 3 is 1.11 bits per heavy atom. The normalized spacial score (nSPS) is 10.2. The van der Waals surface area contributed by atoms with Crippen molar-refractivity contribution in [3.05, 3.63) is 306 Å². The van der Waals surface area contributed by atoms with E-state index in [1.807, 2.05) is 121 Å². The highest BCUT2D eigenvalue weighted by Crippen LogP contribution is 2.26. The van der Waals surface area contributed by atoms with Crippen LogP contribution in [0.1, 0.15) is 76.4 Å². The molecule has 0 saturated heterocycles. The van der Waals surface area contributed by atoms with E-state index < -0.39 is 31.6 Å². The number of amides is 2. The number of carbonyl (C=O) groups excluding carboxylic acids is 4. The van der Waals surface area contributed by atoms with Gasteiger partial charge in [-0.2, -0.15) is 4.98 Å². The van der Waals surface area contributed by atoms with Crippen LogP contribution in [0, 0.1) is 101 Å². The summed E-state index contributed by atoms with van der Waals surface area (Å²) < 4.78 is 0.350. The van der Waals surface area contributed by atoms with Crippen molar-refractivity contribution in [1.29, 1.82) is 0 Å². The number of carbonyl (C=O) groups is 5. The molecule has 12 aromatic rings. The zero-order chi connectivity index (χ0) is 83.7. The second-order valence-corrected chi connectivity index (χ2v) is 27.6. The van der Waals surface area contributed by atoms with E-state index in [-0.39, 0.29) is 63.0 Å². The van der Waals surface area contributed by atoms with Crippen LogP contribution in [0.5, 0.6) is 0 Å². The molecule has 0 spiro atoms. The molecule has 12 rings (SSSR count). The summed E-state index contributed by atoms with van der Waals surface area (Å²) in [7, 11) is 0. The van der Waals surface area contributed by atoms with E-state index in [9.17, 15) is 64.4 Å². The SMILES string of the molecule is Cc1cc(C)cc(CC(=O)CSc2n[nH]c(-c3ccc(N)cc3)n2)c1.Cc1cc(C)cc(CC(=O)CSc2n[nH]c(-c3ccc([N+](=O)[O-])cc3)n2)c1.Cc1cc(C)cc(N)c1.Cc1cc(C)cc(NC(=O)CCl)c1.NNC(=O)c1ccc([N+](=O)[O-])cc1.O=C(O)c1ccc([N+](=O)[O-])cc1.O=[N+]([O-])c1ccc(-c2nc(=S)[nH][nH]2)cc1. The number of carboxylic acids is 1. The fourth-order valence-electron chi connectivity index (χ4n) is 10.4. The number of aromatic amines is 4. The number of nitrogens with zero attached hydrogens (tertiary/aromatic N) is 9. The molecular formula is C78H79ClN18O14S3. The molecule has 0 bridgehead atoms. The minimum absolute atomic E-state index is 0.00695. The first-order chi connectivity index (χ1) is 54.1. The third kappa shape index (κ3) is 31.1. The molecule has 36 heteroatoms. The lowest BCUT2D eigenvalue weighted by Crippen LogP contribution is -2.29. The van der Waals surface area contributed by atoms with Crippen molar-refractivity contribution in [2.24, 2.45) is 5.84 Å². The number of carboxylic acid groups (broad SMARTS) is 1. The first-order valence-electron chi connectivity index (χ1n) is 33.9. The highest BCUT2D eigenvalue weighted by molar-refractivity contribution is 8.00. The Balaban J connectivity index is 0.000000214. The van der Waals surface area contributed by atoms with E-state index in [1.165, 1.54) is 106 Å². The number of nitro groups is 4. The Bertz CT molecular complexity index is 5250. The Labute approximate surface area is 671 Å². The molecule has 0 fully saturated rings. The summed E-state index contributed by atoms with van der Waals surface area (Å²) in [5, 5.41) is 73.0. The summed E-state index contributed by atoms with van der Waals surface area (Å²) >= 11 is 12.8. The number of ketones is 2. The highest BCUT2D eigenvalue weighted by Gasteiger charge is 2.16. The lowest BCUT2D eigenvalue weighted by Gasteiger charge is -2.05.